The van der Waals surface area contributed by atoms with Crippen molar-refractivity contribution < 1.29 is 4.79 Å². The summed E-state index contributed by atoms with van der Waals surface area (Å²) < 4.78 is 1.12. The topological polar surface area (TPSA) is 32.3 Å². The molecule has 1 atom stereocenters. The molecule has 1 amide bonds. The summed E-state index contributed by atoms with van der Waals surface area (Å²) >= 11 is 3.50. The maximum Gasteiger partial charge on any atom is 0.222 e. The van der Waals surface area contributed by atoms with Gasteiger partial charge in [0, 0.05) is 30.5 Å². The van der Waals surface area contributed by atoms with E-state index in [9.17, 15) is 4.79 Å². The molecule has 1 fully saturated rings. The molecule has 1 aromatic carbocycles. The first-order valence-electron chi connectivity index (χ1n) is 6.79. The zero-order valence-corrected chi connectivity index (χ0v) is 13.2. The number of carbonyl (C=O) groups is 1. The fourth-order valence-corrected chi connectivity index (χ4v) is 2.71. The summed E-state index contributed by atoms with van der Waals surface area (Å²) in [4.78, 5) is 14.1. The molecule has 104 valence electrons. The number of carbonyl (C=O) groups excluding carboxylic acids is 1. The summed E-state index contributed by atoms with van der Waals surface area (Å²) in [5.41, 5.74) is 2.45. The lowest BCUT2D eigenvalue weighted by atomic mass is 10.1. The molecule has 0 spiro atoms. The predicted octanol–water partition coefficient (Wildman–Crippen LogP) is 2.51. The Kier molecular flexibility index (Phi) is 4.99. The molecule has 0 aromatic heterocycles. The Balaban J connectivity index is 1.87. The summed E-state index contributed by atoms with van der Waals surface area (Å²) in [5, 5.41) is 3.30. The van der Waals surface area contributed by atoms with Gasteiger partial charge in [-0.25, -0.2) is 0 Å². The molecule has 1 aromatic rings. The Bertz CT molecular complexity index is 455. The molecule has 1 aliphatic rings. The number of hydrogen-bond donors (Lipinski definition) is 1. The van der Waals surface area contributed by atoms with Crippen LogP contribution in [0.25, 0.3) is 0 Å². The van der Waals surface area contributed by atoms with Gasteiger partial charge in [-0.15, -0.1) is 0 Å². The average Bonchev–Trinajstić information content (AvgIpc) is 2.93. The number of amides is 1. The second-order valence-corrected chi connectivity index (χ2v) is 6.09. The van der Waals surface area contributed by atoms with Gasteiger partial charge in [0.05, 0.1) is 0 Å². The van der Waals surface area contributed by atoms with E-state index >= 15 is 0 Å². The minimum Gasteiger partial charge on any atom is -0.341 e. The Morgan fingerprint density at radius 1 is 1.53 bits per heavy atom. The van der Waals surface area contributed by atoms with E-state index in [0.29, 0.717) is 12.5 Å². The van der Waals surface area contributed by atoms with Crippen molar-refractivity contribution in [1.29, 1.82) is 0 Å². The van der Waals surface area contributed by atoms with Gasteiger partial charge in [-0.2, -0.15) is 0 Å². The number of rotatable bonds is 4. The molecule has 0 unspecified atom stereocenters. The second-order valence-electron chi connectivity index (χ2n) is 5.23. The van der Waals surface area contributed by atoms with Crippen LogP contribution in [0.4, 0.5) is 0 Å². The van der Waals surface area contributed by atoms with Gasteiger partial charge in [0.2, 0.25) is 5.91 Å². The van der Waals surface area contributed by atoms with Gasteiger partial charge in [0.15, 0.2) is 0 Å². The van der Waals surface area contributed by atoms with Crippen LogP contribution in [0, 0.1) is 6.92 Å². The highest BCUT2D eigenvalue weighted by molar-refractivity contribution is 9.10. The summed E-state index contributed by atoms with van der Waals surface area (Å²) in [6.45, 7) is 4.03. The fraction of sp³-hybridized carbons (Fsp3) is 0.533. The molecule has 0 aliphatic carbocycles. The molecule has 19 heavy (non-hydrogen) atoms. The van der Waals surface area contributed by atoms with E-state index in [1.807, 2.05) is 11.9 Å². The van der Waals surface area contributed by atoms with Gasteiger partial charge in [-0.1, -0.05) is 28.1 Å². The number of halogens is 1. The maximum absolute atomic E-state index is 12.1. The summed E-state index contributed by atoms with van der Waals surface area (Å²) in [7, 11) is 1.92. The lowest BCUT2D eigenvalue weighted by Crippen LogP contribution is -2.38. The molecule has 1 aliphatic heterocycles. The summed E-state index contributed by atoms with van der Waals surface area (Å²) in [6.07, 6.45) is 2.48. The van der Waals surface area contributed by atoms with Crippen LogP contribution in [0.2, 0.25) is 0 Å². The monoisotopic (exact) mass is 324 g/mol. The predicted molar refractivity (Wildman–Crippen MR) is 81.2 cm³/mol. The standard InChI is InChI=1S/C15H21BrN2O/c1-11-9-12(3-5-14(11)16)4-6-15(19)18(2)13-7-8-17-10-13/h3,5,9,13,17H,4,6-8,10H2,1-2H3/t13-/m1/s1. The second kappa shape index (κ2) is 6.53. The number of nitrogens with zero attached hydrogens (tertiary/aromatic N) is 1. The minimum atomic E-state index is 0.245. The maximum atomic E-state index is 12.1. The Hall–Kier alpha value is -0.870. The molecule has 1 heterocycles. The van der Waals surface area contributed by atoms with E-state index in [-0.39, 0.29) is 5.91 Å². The Morgan fingerprint density at radius 3 is 2.95 bits per heavy atom. The van der Waals surface area contributed by atoms with Gasteiger partial charge in [-0.05, 0) is 43.5 Å². The van der Waals surface area contributed by atoms with Crippen molar-refractivity contribution in [3.63, 3.8) is 0 Å². The Morgan fingerprint density at radius 2 is 2.32 bits per heavy atom. The van der Waals surface area contributed by atoms with E-state index in [1.54, 1.807) is 0 Å². The van der Waals surface area contributed by atoms with E-state index in [2.05, 4.69) is 46.4 Å². The highest BCUT2D eigenvalue weighted by Crippen LogP contribution is 2.18. The number of nitrogens with one attached hydrogen (secondary N) is 1. The van der Waals surface area contributed by atoms with Crippen molar-refractivity contribution in [2.45, 2.75) is 32.2 Å². The highest BCUT2D eigenvalue weighted by Gasteiger charge is 2.22. The average molecular weight is 325 g/mol. The van der Waals surface area contributed by atoms with E-state index in [1.165, 1.54) is 11.1 Å². The molecule has 0 radical (unpaired) electrons. The van der Waals surface area contributed by atoms with Gasteiger partial charge in [0.1, 0.15) is 0 Å². The van der Waals surface area contributed by atoms with Crippen LogP contribution in [0.15, 0.2) is 22.7 Å². The van der Waals surface area contributed by atoms with Crippen LogP contribution in [-0.2, 0) is 11.2 Å². The quantitative estimate of drug-likeness (QED) is 0.923. The van der Waals surface area contributed by atoms with Crippen LogP contribution in [0.3, 0.4) is 0 Å². The number of benzene rings is 1. The van der Waals surface area contributed by atoms with Crippen molar-refractivity contribution in [1.82, 2.24) is 10.2 Å². The van der Waals surface area contributed by atoms with Gasteiger partial charge < -0.3 is 10.2 Å². The number of hydrogen-bond acceptors (Lipinski definition) is 2. The Labute approximate surface area is 123 Å². The first kappa shape index (κ1) is 14.5. The first-order chi connectivity index (χ1) is 9.08. The number of likely N-dealkylation sites (N-methyl/N-ethyl adjacent to an activating group) is 1. The molecule has 0 saturated carbocycles. The SMILES string of the molecule is Cc1cc(CCC(=O)N(C)[C@@H]2CCNC2)ccc1Br. The third-order valence-corrected chi connectivity index (χ3v) is 4.72. The van der Waals surface area contributed by atoms with Crippen LogP contribution in [-0.4, -0.2) is 37.0 Å². The third kappa shape index (κ3) is 3.80. The third-order valence-electron chi connectivity index (χ3n) is 3.83. The molecular formula is C15H21BrN2O. The van der Waals surface area contributed by atoms with E-state index in [4.69, 9.17) is 0 Å². The molecule has 2 rings (SSSR count). The molecule has 3 nitrogen and oxygen atoms in total. The molecular weight excluding hydrogens is 304 g/mol. The van der Waals surface area contributed by atoms with Gasteiger partial charge >= 0.3 is 0 Å². The van der Waals surface area contributed by atoms with Crippen molar-refractivity contribution in [2.24, 2.45) is 0 Å². The van der Waals surface area contributed by atoms with Crippen LogP contribution >= 0.6 is 15.9 Å². The minimum absolute atomic E-state index is 0.245. The molecule has 1 saturated heterocycles. The van der Waals surface area contributed by atoms with Crippen molar-refractivity contribution in [2.75, 3.05) is 20.1 Å². The highest BCUT2D eigenvalue weighted by atomic mass is 79.9. The van der Waals surface area contributed by atoms with Gasteiger partial charge in [-0.3, -0.25) is 4.79 Å². The zero-order chi connectivity index (χ0) is 13.8. The largest absolute Gasteiger partial charge is 0.341 e. The fourth-order valence-electron chi connectivity index (χ4n) is 2.46. The lowest BCUT2D eigenvalue weighted by Gasteiger charge is -2.23. The molecule has 1 N–H and O–H groups in total. The van der Waals surface area contributed by atoms with Crippen LogP contribution in [0.1, 0.15) is 24.0 Å². The first-order valence-corrected chi connectivity index (χ1v) is 7.58. The number of aryl methyl sites for hydroxylation is 2. The normalized spacial score (nSPS) is 18.6. The van der Waals surface area contributed by atoms with Crippen molar-refractivity contribution in [3.05, 3.63) is 33.8 Å². The summed E-state index contributed by atoms with van der Waals surface area (Å²) in [5.74, 6) is 0.245. The van der Waals surface area contributed by atoms with Crippen molar-refractivity contribution >= 4 is 21.8 Å². The van der Waals surface area contributed by atoms with E-state index < -0.39 is 0 Å². The summed E-state index contributed by atoms with van der Waals surface area (Å²) in [6, 6.07) is 6.66. The van der Waals surface area contributed by atoms with Crippen LogP contribution < -0.4 is 5.32 Å². The van der Waals surface area contributed by atoms with Crippen molar-refractivity contribution in [3.8, 4) is 0 Å². The van der Waals surface area contributed by atoms with Crippen LogP contribution in [0.5, 0.6) is 0 Å². The molecule has 0 bridgehead atoms. The van der Waals surface area contributed by atoms with E-state index in [0.717, 1.165) is 30.4 Å². The lowest BCUT2D eigenvalue weighted by molar-refractivity contribution is -0.131. The van der Waals surface area contributed by atoms with Gasteiger partial charge in [0.25, 0.3) is 0 Å². The molecule has 4 heteroatoms. The smallest absolute Gasteiger partial charge is 0.222 e. The zero-order valence-electron chi connectivity index (χ0n) is 11.6.